The summed E-state index contributed by atoms with van der Waals surface area (Å²) >= 11 is 0. The van der Waals surface area contributed by atoms with E-state index in [9.17, 15) is 18.0 Å². The van der Waals surface area contributed by atoms with Crippen LogP contribution in [0.15, 0.2) is 29.4 Å². The van der Waals surface area contributed by atoms with Crippen molar-refractivity contribution < 1.29 is 22.7 Å². The number of hydrogen-bond donors (Lipinski definition) is 1. The Hall–Kier alpha value is -2.05. The molecule has 0 aromatic heterocycles. The molecule has 0 aliphatic carbocycles. The number of hydrogen-bond acceptors (Lipinski definition) is 3. The number of amides is 1. The molecule has 0 atom stereocenters. The first-order valence-corrected chi connectivity index (χ1v) is 6.98. The van der Waals surface area contributed by atoms with Crippen LogP contribution in [0.1, 0.15) is 32.3 Å². The number of alkyl halides is 3. The lowest BCUT2D eigenvalue weighted by Gasteiger charge is -2.09. The van der Waals surface area contributed by atoms with E-state index >= 15 is 0 Å². The average molecular weight is 316 g/mol. The monoisotopic (exact) mass is 316 g/mol. The molecule has 0 spiro atoms. The largest absolute Gasteiger partial charge is 0.484 e. The van der Waals surface area contributed by atoms with Gasteiger partial charge in [-0.15, -0.1) is 0 Å². The molecule has 0 fully saturated rings. The zero-order chi connectivity index (χ0) is 16.6. The van der Waals surface area contributed by atoms with Crippen molar-refractivity contribution in [1.29, 1.82) is 0 Å². The summed E-state index contributed by atoms with van der Waals surface area (Å²) in [6.45, 7) is 3.62. The van der Waals surface area contributed by atoms with E-state index in [0.29, 0.717) is 0 Å². The molecule has 0 aliphatic heterocycles. The second kappa shape index (κ2) is 8.41. The zero-order valence-corrected chi connectivity index (χ0v) is 12.5. The van der Waals surface area contributed by atoms with Crippen LogP contribution in [0.25, 0.3) is 0 Å². The molecule has 0 aliphatic rings. The fourth-order valence-corrected chi connectivity index (χ4v) is 1.66. The van der Waals surface area contributed by atoms with Gasteiger partial charge in [-0.25, -0.2) is 5.43 Å². The van der Waals surface area contributed by atoms with Gasteiger partial charge in [0.15, 0.2) is 6.61 Å². The summed E-state index contributed by atoms with van der Waals surface area (Å²) in [5.74, 6) is -0.266. The van der Waals surface area contributed by atoms with Crippen LogP contribution in [0.3, 0.4) is 0 Å². The lowest BCUT2D eigenvalue weighted by atomic mass is 10.1. The number of halogens is 3. The van der Waals surface area contributed by atoms with E-state index in [1.807, 2.05) is 13.8 Å². The summed E-state index contributed by atoms with van der Waals surface area (Å²) < 4.78 is 42.6. The van der Waals surface area contributed by atoms with Gasteiger partial charge in [0.2, 0.25) is 0 Å². The fraction of sp³-hybridized carbons (Fsp3) is 0.467. The van der Waals surface area contributed by atoms with Crippen LogP contribution < -0.4 is 10.2 Å². The van der Waals surface area contributed by atoms with Crippen molar-refractivity contribution in [1.82, 2.24) is 5.43 Å². The Balaban J connectivity index is 2.48. The third kappa shape index (κ3) is 6.15. The second-order valence-corrected chi connectivity index (χ2v) is 4.70. The molecule has 1 aromatic rings. The molecular formula is C15H19F3N2O2. The van der Waals surface area contributed by atoms with Gasteiger partial charge in [0.05, 0.1) is 5.56 Å². The molecule has 1 N–H and O–H groups in total. The minimum absolute atomic E-state index is 0.0195. The first kappa shape index (κ1) is 18.0. The quantitative estimate of drug-likeness (QED) is 0.617. The minimum atomic E-state index is -4.44. The van der Waals surface area contributed by atoms with Crippen molar-refractivity contribution in [3.05, 3.63) is 29.8 Å². The van der Waals surface area contributed by atoms with Crippen molar-refractivity contribution in [2.45, 2.75) is 32.9 Å². The van der Waals surface area contributed by atoms with Gasteiger partial charge >= 0.3 is 6.18 Å². The molecule has 0 bridgehead atoms. The van der Waals surface area contributed by atoms with Crippen LogP contribution in [0, 0.1) is 5.92 Å². The zero-order valence-electron chi connectivity index (χ0n) is 12.5. The third-order valence-electron chi connectivity index (χ3n) is 3.05. The molecule has 4 nitrogen and oxygen atoms in total. The topological polar surface area (TPSA) is 50.7 Å². The number of benzene rings is 1. The van der Waals surface area contributed by atoms with Crippen molar-refractivity contribution in [2.75, 3.05) is 6.61 Å². The van der Waals surface area contributed by atoms with Crippen molar-refractivity contribution in [3.8, 4) is 5.75 Å². The highest BCUT2D eigenvalue weighted by Crippen LogP contribution is 2.31. The lowest BCUT2D eigenvalue weighted by molar-refractivity contribution is -0.137. The van der Waals surface area contributed by atoms with Gasteiger partial charge in [0.1, 0.15) is 5.75 Å². The Morgan fingerprint density at radius 1 is 1.36 bits per heavy atom. The standard InChI is InChI=1S/C15H19F3N2O2/c1-3-11(4-2)9-19-20-14(21)10-22-13-7-5-6-12(8-13)15(16,17)18/h5-9,11H,3-4,10H2,1-2H3,(H,20,21)/b19-9+. The second-order valence-electron chi connectivity index (χ2n) is 4.70. The molecule has 0 saturated carbocycles. The van der Waals surface area contributed by atoms with Crippen molar-refractivity contribution >= 4 is 12.1 Å². The van der Waals surface area contributed by atoms with Crippen molar-refractivity contribution in [3.63, 3.8) is 0 Å². The first-order valence-electron chi connectivity index (χ1n) is 6.98. The van der Waals surface area contributed by atoms with Crippen LogP contribution in [-0.2, 0) is 11.0 Å². The maximum Gasteiger partial charge on any atom is 0.416 e. The van der Waals surface area contributed by atoms with E-state index in [0.717, 1.165) is 25.0 Å². The lowest BCUT2D eigenvalue weighted by Crippen LogP contribution is -2.25. The third-order valence-corrected chi connectivity index (χ3v) is 3.05. The van der Waals surface area contributed by atoms with Gasteiger partial charge in [-0.3, -0.25) is 4.79 Å². The predicted molar refractivity (Wildman–Crippen MR) is 77.6 cm³/mol. The van der Waals surface area contributed by atoms with Gasteiger partial charge < -0.3 is 4.74 Å². The predicted octanol–water partition coefficient (Wildman–Crippen LogP) is 3.62. The molecule has 1 aromatic carbocycles. The first-order chi connectivity index (χ1) is 10.4. The van der Waals surface area contributed by atoms with Crippen LogP contribution in [0.5, 0.6) is 5.75 Å². The highest BCUT2D eigenvalue weighted by Gasteiger charge is 2.30. The molecule has 0 saturated heterocycles. The SMILES string of the molecule is CCC(/C=N/NC(=O)COc1cccc(C(F)(F)F)c1)CC. The van der Waals surface area contributed by atoms with Gasteiger partial charge in [-0.05, 0) is 37.0 Å². The number of carbonyl (C=O) groups excluding carboxylic acids is 1. The van der Waals surface area contributed by atoms with Crippen LogP contribution in [-0.4, -0.2) is 18.7 Å². The minimum Gasteiger partial charge on any atom is -0.484 e. The van der Waals surface area contributed by atoms with Crippen LogP contribution >= 0.6 is 0 Å². The number of ether oxygens (including phenoxy) is 1. The molecule has 0 heterocycles. The van der Waals surface area contributed by atoms with E-state index in [2.05, 4.69) is 10.5 Å². The molecular weight excluding hydrogens is 297 g/mol. The van der Waals surface area contributed by atoms with E-state index in [-0.39, 0.29) is 11.7 Å². The molecule has 0 unspecified atom stereocenters. The summed E-state index contributed by atoms with van der Waals surface area (Å²) in [6, 6.07) is 4.37. The number of hydrazone groups is 1. The molecule has 7 heteroatoms. The van der Waals surface area contributed by atoms with E-state index in [1.165, 1.54) is 12.1 Å². The maximum atomic E-state index is 12.5. The summed E-state index contributed by atoms with van der Waals surface area (Å²) in [5, 5.41) is 3.80. The van der Waals surface area contributed by atoms with Gasteiger partial charge in [0.25, 0.3) is 5.91 Å². The smallest absolute Gasteiger partial charge is 0.416 e. The fourth-order valence-electron chi connectivity index (χ4n) is 1.66. The normalized spacial score (nSPS) is 11.9. The molecule has 1 amide bonds. The Morgan fingerprint density at radius 3 is 2.64 bits per heavy atom. The molecule has 0 radical (unpaired) electrons. The molecule has 22 heavy (non-hydrogen) atoms. The summed E-state index contributed by atoms with van der Waals surface area (Å²) in [4.78, 5) is 11.5. The van der Waals surface area contributed by atoms with Gasteiger partial charge in [0, 0.05) is 6.21 Å². The maximum absolute atomic E-state index is 12.5. The van der Waals surface area contributed by atoms with E-state index in [1.54, 1.807) is 6.21 Å². The summed E-state index contributed by atoms with van der Waals surface area (Å²) in [6.07, 6.45) is -0.976. The van der Waals surface area contributed by atoms with Gasteiger partial charge in [-0.1, -0.05) is 19.9 Å². The Kier molecular flexibility index (Phi) is 6.88. The van der Waals surface area contributed by atoms with E-state index < -0.39 is 24.3 Å². The summed E-state index contributed by atoms with van der Waals surface area (Å²) in [7, 11) is 0. The molecule has 122 valence electrons. The number of nitrogens with one attached hydrogen (secondary N) is 1. The number of nitrogens with zero attached hydrogens (tertiary/aromatic N) is 1. The Morgan fingerprint density at radius 2 is 2.05 bits per heavy atom. The average Bonchev–Trinajstić information content (AvgIpc) is 2.49. The number of rotatable bonds is 7. The number of carbonyl (C=O) groups is 1. The Labute approximate surface area is 127 Å². The molecule has 1 rings (SSSR count). The Bertz CT molecular complexity index is 512. The van der Waals surface area contributed by atoms with Crippen LogP contribution in [0.4, 0.5) is 13.2 Å². The van der Waals surface area contributed by atoms with Crippen molar-refractivity contribution in [2.24, 2.45) is 11.0 Å². The van der Waals surface area contributed by atoms with Crippen LogP contribution in [0.2, 0.25) is 0 Å². The van der Waals surface area contributed by atoms with Gasteiger partial charge in [-0.2, -0.15) is 18.3 Å². The summed E-state index contributed by atoms with van der Waals surface area (Å²) in [5.41, 5.74) is 1.46. The highest BCUT2D eigenvalue weighted by molar-refractivity contribution is 5.78. The van der Waals surface area contributed by atoms with E-state index in [4.69, 9.17) is 4.74 Å². The highest BCUT2D eigenvalue weighted by atomic mass is 19.4.